The van der Waals surface area contributed by atoms with Crippen LogP contribution in [-0.4, -0.2) is 52.9 Å². The second kappa shape index (κ2) is 4.69. The van der Waals surface area contributed by atoms with Crippen molar-refractivity contribution >= 4 is 12.0 Å². The molecule has 0 radical (unpaired) electrons. The first-order valence-electron chi connectivity index (χ1n) is 5.25. The number of nitrogens with one attached hydrogen (secondary N) is 1. The molecule has 6 nitrogen and oxygen atoms in total. The summed E-state index contributed by atoms with van der Waals surface area (Å²) in [5.74, 6) is -1.23. The predicted octanol–water partition coefficient (Wildman–Crippen LogP) is -0.127. The Morgan fingerprint density at radius 1 is 1.50 bits per heavy atom. The van der Waals surface area contributed by atoms with Crippen LogP contribution in [-0.2, 0) is 4.79 Å². The van der Waals surface area contributed by atoms with Crippen molar-refractivity contribution < 1.29 is 19.8 Å². The Balaban J connectivity index is 2.50. The number of carbonyl (C=O) groups excluding carboxylic acids is 1. The number of aliphatic hydroxyl groups excluding tert-OH is 1. The average Bonchev–Trinajstić information content (AvgIpc) is 2.54. The normalized spacial score (nSPS) is 20.6. The zero-order valence-electron chi connectivity index (χ0n) is 9.56. The molecule has 1 fully saturated rings. The molecule has 3 N–H and O–H groups in total. The molecule has 92 valence electrons. The Kier molecular flexibility index (Phi) is 3.74. The minimum absolute atomic E-state index is 0.0786. The third-order valence-electron chi connectivity index (χ3n) is 2.74. The van der Waals surface area contributed by atoms with Crippen LogP contribution in [0.25, 0.3) is 0 Å². The summed E-state index contributed by atoms with van der Waals surface area (Å²) in [7, 11) is 0. The maximum Gasteiger partial charge on any atom is 0.328 e. The van der Waals surface area contributed by atoms with Gasteiger partial charge in [-0.15, -0.1) is 0 Å². The van der Waals surface area contributed by atoms with Gasteiger partial charge >= 0.3 is 12.0 Å². The number of carbonyl (C=O) groups is 2. The second-order valence-corrected chi connectivity index (χ2v) is 4.86. The van der Waals surface area contributed by atoms with Crippen molar-refractivity contribution in [1.29, 1.82) is 0 Å². The van der Waals surface area contributed by atoms with Crippen molar-refractivity contribution in [3.63, 3.8) is 0 Å². The number of likely N-dealkylation sites (tertiary alicyclic amines) is 1. The van der Waals surface area contributed by atoms with E-state index in [0.29, 0.717) is 13.1 Å². The number of rotatable bonds is 3. The first-order chi connectivity index (χ1) is 7.35. The Morgan fingerprint density at radius 3 is 2.50 bits per heavy atom. The topological polar surface area (TPSA) is 89.9 Å². The number of urea groups is 1. The lowest BCUT2D eigenvalue weighted by Gasteiger charge is -2.22. The summed E-state index contributed by atoms with van der Waals surface area (Å²) in [6.45, 7) is 4.74. The van der Waals surface area contributed by atoms with Crippen LogP contribution in [0, 0.1) is 5.41 Å². The van der Waals surface area contributed by atoms with E-state index in [1.165, 1.54) is 0 Å². The summed E-state index contributed by atoms with van der Waals surface area (Å²) in [5, 5.41) is 19.7. The summed E-state index contributed by atoms with van der Waals surface area (Å²) in [4.78, 5) is 23.8. The van der Waals surface area contributed by atoms with E-state index in [1.54, 1.807) is 4.90 Å². The van der Waals surface area contributed by atoms with Crippen molar-refractivity contribution in [2.24, 2.45) is 5.41 Å². The highest BCUT2D eigenvalue weighted by Crippen LogP contribution is 2.28. The molecule has 1 atom stereocenters. The minimum Gasteiger partial charge on any atom is -0.480 e. The van der Waals surface area contributed by atoms with Gasteiger partial charge in [0.25, 0.3) is 0 Å². The molecule has 1 aliphatic rings. The van der Waals surface area contributed by atoms with E-state index >= 15 is 0 Å². The predicted molar refractivity (Wildman–Crippen MR) is 57.0 cm³/mol. The second-order valence-electron chi connectivity index (χ2n) is 4.86. The first-order valence-corrected chi connectivity index (χ1v) is 5.25. The fourth-order valence-electron chi connectivity index (χ4n) is 1.71. The summed E-state index contributed by atoms with van der Waals surface area (Å²) in [6.07, 6.45) is 0.900. The zero-order chi connectivity index (χ0) is 12.3. The first kappa shape index (κ1) is 12.8. The fraction of sp³-hybridized carbons (Fsp3) is 0.800. The van der Waals surface area contributed by atoms with Gasteiger partial charge in [0.05, 0.1) is 6.61 Å². The number of aliphatic carboxylic acids is 1. The fourth-order valence-corrected chi connectivity index (χ4v) is 1.71. The molecular formula is C10H18N2O4. The van der Waals surface area contributed by atoms with Crippen LogP contribution in [0.4, 0.5) is 4.79 Å². The van der Waals surface area contributed by atoms with Gasteiger partial charge < -0.3 is 20.4 Å². The Morgan fingerprint density at radius 2 is 2.12 bits per heavy atom. The van der Waals surface area contributed by atoms with Gasteiger partial charge in [0.1, 0.15) is 0 Å². The molecule has 0 spiro atoms. The molecule has 0 bridgehead atoms. The Bertz CT molecular complexity index is 291. The summed E-state index contributed by atoms with van der Waals surface area (Å²) < 4.78 is 0. The number of nitrogens with zero attached hydrogens (tertiary/aromatic N) is 1. The van der Waals surface area contributed by atoms with E-state index in [9.17, 15) is 9.59 Å². The standard InChI is InChI=1S/C10H18N2O4/c1-10(2)3-4-12(6-10)9(16)11-7(5-13)8(14)15/h7,13H,3-6H2,1-2H3,(H,11,16)(H,14,15). The smallest absolute Gasteiger partial charge is 0.328 e. The van der Waals surface area contributed by atoms with E-state index in [2.05, 4.69) is 19.2 Å². The zero-order valence-corrected chi connectivity index (χ0v) is 9.56. The third-order valence-corrected chi connectivity index (χ3v) is 2.74. The van der Waals surface area contributed by atoms with Gasteiger partial charge in [0.2, 0.25) is 0 Å². The molecular weight excluding hydrogens is 212 g/mol. The van der Waals surface area contributed by atoms with Gasteiger partial charge in [-0.25, -0.2) is 9.59 Å². The lowest BCUT2D eigenvalue weighted by Crippen LogP contribution is -2.49. The highest BCUT2D eigenvalue weighted by atomic mass is 16.4. The largest absolute Gasteiger partial charge is 0.480 e. The molecule has 1 unspecified atom stereocenters. The lowest BCUT2D eigenvalue weighted by molar-refractivity contribution is -0.140. The Labute approximate surface area is 94.2 Å². The molecule has 2 amide bonds. The molecule has 16 heavy (non-hydrogen) atoms. The number of hydrogen-bond acceptors (Lipinski definition) is 3. The SMILES string of the molecule is CC1(C)CCN(C(=O)NC(CO)C(=O)O)C1. The van der Waals surface area contributed by atoms with Crippen molar-refractivity contribution in [1.82, 2.24) is 10.2 Å². The van der Waals surface area contributed by atoms with E-state index in [0.717, 1.165) is 6.42 Å². The average molecular weight is 230 g/mol. The number of carboxylic acid groups (broad SMARTS) is 1. The number of hydrogen-bond donors (Lipinski definition) is 3. The van der Waals surface area contributed by atoms with E-state index < -0.39 is 24.6 Å². The Hall–Kier alpha value is -1.30. The van der Waals surface area contributed by atoms with Gasteiger partial charge in [-0.2, -0.15) is 0 Å². The van der Waals surface area contributed by atoms with Crippen LogP contribution in [0.5, 0.6) is 0 Å². The highest BCUT2D eigenvalue weighted by molar-refractivity contribution is 5.82. The summed E-state index contributed by atoms with van der Waals surface area (Å²) >= 11 is 0. The molecule has 0 aromatic rings. The quantitative estimate of drug-likeness (QED) is 0.630. The van der Waals surface area contributed by atoms with E-state index in [4.69, 9.17) is 10.2 Å². The van der Waals surface area contributed by atoms with Gasteiger partial charge in [-0.05, 0) is 11.8 Å². The van der Waals surface area contributed by atoms with Gasteiger partial charge in [-0.1, -0.05) is 13.8 Å². The van der Waals surface area contributed by atoms with Gasteiger partial charge in [-0.3, -0.25) is 0 Å². The molecule has 1 saturated heterocycles. The van der Waals surface area contributed by atoms with Crippen LogP contribution in [0.15, 0.2) is 0 Å². The molecule has 0 saturated carbocycles. The van der Waals surface area contributed by atoms with Crippen molar-refractivity contribution in [2.75, 3.05) is 19.7 Å². The number of amides is 2. The number of aliphatic hydroxyl groups is 1. The van der Waals surface area contributed by atoms with E-state index in [-0.39, 0.29) is 5.41 Å². The van der Waals surface area contributed by atoms with Gasteiger partial charge in [0.15, 0.2) is 6.04 Å². The molecule has 0 aromatic heterocycles. The molecule has 1 aliphatic heterocycles. The molecule has 1 rings (SSSR count). The lowest BCUT2D eigenvalue weighted by atomic mass is 9.93. The maximum atomic E-state index is 11.6. The van der Waals surface area contributed by atoms with Crippen LogP contribution in [0.2, 0.25) is 0 Å². The summed E-state index contributed by atoms with van der Waals surface area (Å²) in [5.41, 5.74) is 0.0786. The minimum atomic E-state index is -1.23. The van der Waals surface area contributed by atoms with E-state index in [1.807, 2.05) is 0 Å². The molecule has 0 aliphatic carbocycles. The maximum absolute atomic E-state index is 11.6. The molecule has 1 heterocycles. The molecule has 0 aromatic carbocycles. The monoisotopic (exact) mass is 230 g/mol. The van der Waals surface area contributed by atoms with Crippen molar-refractivity contribution in [3.8, 4) is 0 Å². The van der Waals surface area contributed by atoms with Crippen LogP contribution < -0.4 is 5.32 Å². The molecule has 6 heteroatoms. The van der Waals surface area contributed by atoms with Crippen LogP contribution >= 0.6 is 0 Å². The van der Waals surface area contributed by atoms with Crippen molar-refractivity contribution in [3.05, 3.63) is 0 Å². The van der Waals surface area contributed by atoms with Crippen LogP contribution in [0.3, 0.4) is 0 Å². The van der Waals surface area contributed by atoms with Crippen molar-refractivity contribution in [2.45, 2.75) is 26.3 Å². The summed E-state index contributed by atoms with van der Waals surface area (Å²) in [6, 6.07) is -1.65. The highest BCUT2D eigenvalue weighted by Gasteiger charge is 2.33. The van der Waals surface area contributed by atoms with Crippen LogP contribution in [0.1, 0.15) is 20.3 Å². The van der Waals surface area contributed by atoms with Gasteiger partial charge in [0, 0.05) is 13.1 Å². The number of carboxylic acids is 1. The third kappa shape index (κ3) is 3.10.